The lowest BCUT2D eigenvalue weighted by atomic mass is 10.0. The molecule has 1 heterocycles. The lowest BCUT2D eigenvalue weighted by Gasteiger charge is -2.33. The fraction of sp³-hybridized carbons (Fsp3) is 0.778. The summed E-state index contributed by atoms with van der Waals surface area (Å²) in [4.78, 5) is 1.70. The van der Waals surface area contributed by atoms with Gasteiger partial charge in [-0.1, -0.05) is 12.3 Å². The Morgan fingerprint density at radius 3 is 2.83 bits per heavy atom. The molecular weight excluding hydrogens is 160 g/mol. The molecule has 1 atom stereocenters. The van der Waals surface area contributed by atoms with Crippen molar-refractivity contribution in [1.29, 1.82) is 0 Å². The molecule has 0 bridgehead atoms. The Kier molecular flexibility index (Phi) is 3.48. The summed E-state index contributed by atoms with van der Waals surface area (Å²) in [6, 6.07) is -0.602. The van der Waals surface area contributed by atoms with Gasteiger partial charge in [-0.3, -0.25) is 4.90 Å². The van der Waals surface area contributed by atoms with Crippen molar-refractivity contribution in [1.82, 2.24) is 4.90 Å². The second-order valence-electron chi connectivity index (χ2n) is 3.07. The molecule has 1 fully saturated rings. The predicted octanol–water partition coefficient (Wildman–Crippen LogP) is 1.74. The van der Waals surface area contributed by atoms with Crippen LogP contribution in [0.4, 0.5) is 8.78 Å². The molecule has 0 radical (unpaired) electrons. The molecule has 0 amide bonds. The second kappa shape index (κ2) is 4.42. The first-order chi connectivity index (χ1) is 5.75. The zero-order chi connectivity index (χ0) is 8.97. The van der Waals surface area contributed by atoms with Crippen LogP contribution in [0.25, 0.3) is 0 Å². The average molecular weight is 173 g/mol. The third kappa shape index (κ3) is 2.18. The molecule has 1 saturated heterocycles. The van der Waals surface area contributed by atoms with Crippen LogP contribution in [0.2, 0.25) is 0 Å². The van der Waals surface area contributed by atoms with Gasteiger partial charge < -0.3 is 0 Å². The summed E-state index contributed by atoms with van der Waals surface area (Å²) in [5.41, 5.74) is 0. The largest absolute Gasteiger partial charge is 0.284 e. The summed E-state index contributed by atoms with van der Waals surface area (Å²) in [5.74, 6) is 2.41. The van der Waals surface area contributed by atoms with Gasteiger partial charge in [-0.25, -0.2) is 8.78 Å². The van der Waals surface area contributed by atoms with Crippen LogP contribution in [-0.2, 0) is 0 Å². The third-order valence-corrected chi connectivity index (χ3v) is 2.25. The van der Waals surface area contributed by atoms with Gasteiger partial charge in [0.2, 0.25) is 0 Å². The van der Waals surface area contributed by atoms with Crippen LogP contribution in [0.15, 0.2) is 0 Å². The summed E-state index contributed by atoms with van der Waals surface area (Å²) >= 11 is 0. The van der Waals surface area contributed by atoms with E-state index in [1.165, 1.54) is 0 Å². The molecular formula is C9H13F2N. The van der Waals surface area contributed by atoms with Crippen molar-refractivity contribution >= 4 is 0 Å². The van der Waals surface area contributed by atoms with Crippen molar-refractivity contribution in [3.63, 3.8) is 0 Å². The number of alkyl halides is 2. The highest BCUT2D eigenvalue weighted by atomic mass is 19.3. The van der Waals surface area contributed by atoms with E-state index in [2.05, 4.69) is 5.92 Å². The van der Waals surface area contributed by atoms with Crippen molar-refractivity contribution in [3.05, 3.63) is 0 Å². The minimum Gasteiger partial charge on any atom is -0.284 e. The van der Waals surface area contributed by atoms with Crippen LogP contribution < -0.4 is 0 Å². The van der Waals surface area contributed by atoms with Gasteiger partial charge in [0.25, 0.3) is 6.43 Å². The first-order valence-electron chi connectivity index (χ1n) is 4.21. The van der Waals surface area contributed by atoms with E-state index >= 15 is 0 Å². The molecule has 1 rings (SSSR count). The zero-order valence-corrected chi connectivity index (χ0v) is 6.97. The molecule has 0 aromatic heterocycles. The van der Waals surface area contributed by atoms with Crippen LogP contribution in [0.3, 0.4) is 0 Å². The Morgan fingerprint density at radius 2 is 2.25 bits per heavy atom. The van der Waals surface area contributed by atoms with Gasteiger partial charge in [0.05, 0.1) is 12.6 Å². The minimum absolute atomic E-state index is 0.356. The number of halogens is 2. The van der Waals surface area contributed by atoms with Crippen molar-refractivity contribution in [3.8, 4) is 12.3 Å². The molecule has 1 nitrogen and oxygen atoms in total. The highest BCUT2D eigenvalue weighted by Crippen LogP contribution is 2.21. The minimum atomic E-state index is -2.25. The van der Waals surface area contributed by atoms with Gasteiger partial charge in [-0.05, 0) is 19.4 Å². The Labute approximate surface area is 71.7 Å². The van der Waals surface area contributed by atoms with Gasteiger partial charge in [0.15, 0.2) is 0 Å². The quantitative estimate of drug-likeness (QED) is 0.575. The number of nitrogens with zero attached hydrogens (tertiary/aromatic N) is 1. The van der Waals surface area contributed by atoms with Crippen LogP contribution in [0.1, 0.15) is 19.3 Å². The van der Waals surface area contributed by atoms with Gasteiger partial charge in [-0.2, -0.15) is 0 Å². The van der Waals surface area contributed by atoms with Gasteiger partial charge >= 0.3 is 0 Å². The molecule has 68 valence electrons. The number of terminal acetylenes is 1. The van der Waals surface area contributed by atoms with E-state index in [1.54, 1.807) is 4.90 Å². The van der Waals surface area contributed by atoms with Gasteiger partial charge in [-0.15, -0.1) is 6.42 Å². The van der Waals surface area contributed by atoms with Crippen LogP contribution in [0.5, 0.6) is 0 Å². The van der Waals surface area contributed by atoms with Gasteiger partial charge in [0.1, 0.15) is 0 Å². The van der Waals surface area contributed by atoms with E-state index in [4.69, 9.17) is 6.42 Å². The fourth-order valence-electron chi connectivity index (χ4n) is 1.62. The standard InChI is InChI=1S/C9H13F2N/c1-2-6-12-7-4-3-5-8(12)9(10)11/h1,8-9H,3-7H2. The maximum absolute atomic E-state index is 12.4. The molecule has 1 aliphatic heterocycles. The normalized spacial score (nSPS) is 25.7. The van der Waals surface area contributed by atoms with Crippen molar-refractivity contribution in [2.75, 3.05) is 13.1 Å². The molecule has 3 heteroatoms. The number of hydrogen-bond donors (Lipinski definition) is 0. The smallest absolute Gasteiger partial charge is 0.253 e. The topological polar surface area (TPSA) is 3.24 Å². The summed E-state index contributed by atoms with van der Waals surface area (Å²) in [6.07, 6.45) is 5.31. The number of rotatable bonds is 2. The monoisotopic (exact) mass is 173 g/mol. The Hall–Kier alpha value is -0.620. The molecule has 0 aromatic rings. The van der Waals surface area contributed by atoms with Gasteiger partial charge in [0, 0.05) is 0 Å². The van der Waals surface area contributed by atoms with E-state index < -0.39 is 12.5 Å². The second-order valence-corrected chi connectivity index (χ2v) is 3.07. The summed E-state index contributed by atoms with van der Waals surface area (Å²) in [5, 5.41) is 0. The number of piperidine rings is 1. The van der Waals surface area contributed by atoms with E-state index in [0.29, 0.717) is 13.0 Å². The van der Waals surface area contributed by atoms with Crippen molar-refractivity contribution in [2.45, 2.75) is 31.7 Å². The molecule has 0 saturated carbocycles. The van der Waals surface area contributed by atoms with E-state index in [0.717, 1.165) is 19.4 Å². The van der Waals surface area contributed by atoms with Crippen molar-refractivity contribution in [2.24, 2.45) is 0 Å². The Bertz CT molecular complexity index is 174. The molecule has 0 aliphatic carbocycles. The SMILES string of the molecule is C#CCN1CCCCC1C(F)F. The molecule has 0 aromatic carbocycles. The lowest BCUT2D eigenvalue weighted by Crippen LogP contribution is -2.43. The maximum atomic E-state index is 12.4. The highest BCUT2D eigenvalue weighted by molar-refractivity contribution is 4.92. The summed E-state index contributed by atoms with van der Waals surface area (Å²) < 4.78 is 24.8. The average Bonchev–Trinajstić information content (AvgIpc) is 2.05. The molecule has 0 spiro atoms. The van der Waals surface area contributed by atoms with E-state index in [-0.39, 0.29) is 0 Å². The highest BCUT2D eigenvalue weighted by Gasteiger charge is 2.28. The molecule has 1 unspecified atom stereocenters. The fourth-order valence-corrected chi connectivity index (χ4v) is 1.62. The van der Waals surface area contributed by atoms with Crippen LogP contribution >= 0.6 is 0 Å². The van der Waals surface area contributed by atoms with E-state index in [9.17, 15) is 8.78 Å². The Balaban J connectivity index is 2.49. The molecule has 1 aliphatic rings. The van der Waals surface area contributed by atoms with E-state index in [1.807, 2.05) is 0 Å². The first-order valence-corrected chi connectivity index (χ1v) is 4.21. The first kappa shape index (κ1) is 9.47. The molecule has 12 heavy (non-hydrogen) atoms. The Morgan fingerprint density at radius 1 is 1.50 bits per heavy atom. The summed E-state index contributed by atoms with van der Waals surface area (Å²) in [6.45, 7) is 1.08. The lowest BCUT2D eigenvalue weighted by molar-refractivity contribution is 0.0114. The predicted molar refractivity (Wildman–Crippen MR) is 44.0 cm³/mol. The molecule has 0 N–H and O–H groups in total. The third-order valence-electron chi connectivity index (χ3n) is 2.25. The summed E-state index contributed by atoms with van der Waals surface area (Å²) in [7, 11) is 0. The van der Waals surface area contributed by atoms with Crippen molar-refractivity contribution < 1.29 is 8.78 Å². The zero-order valence-electron chi connectivity index (χ0n) is 6.97. The maximum Gasteiger partial charge on any atom is 0.253 e. The number of likely N-dealkylation sites (tertiary alicyclic amines) is 1. The van der Waals surface area contributed by atoms with Crippen LogP contribution in [-0.4, -0.2) is 30.5 Å². The van der Waals surface area contributed by atoms with Crippen LogP contribution in [0, 0.1) is 12.3 Å². The number of hydrogen-bond acceptors (Lipinski definition) is 1.